The zero-order valence-electron chi connectivity index (χ0n) is 11.1. The summed E-state index contributed by atoms with van der Waals surface area (Å²) in [6.45, 7) is 5.60. The van der Waals surface area contributed by atoms with E-state index in [4.69, 9.17) is 4.42 Å². The quantitative estimate of drug-likeness (QED) is 0.886. The molecule has 2 N–H and O–H groups in total. The molecule has 5 nitrogen and oxygen atoms in total. The predicted octanol–water partition coefficient (Wildman–Crippen LogP) is 2.11. The number of fused-ring (bicyclic) bond motifs is 1. The monoisotopic (exact) mass is 259 g/mol. The van der Waals surface area contributed by atoms with E-state index in [1.54, 1.807) is 0 Å². The average Bonchev–Trinajstić information content (AvgIpc) is 2.69. The molecular formula is C14H17N3O2. The van der Waals surface area contributed by atoms with Gasteiger partial charge in [0.05, 0.1) is 5.92 Å². The first-order valence-electron chi connectivity index (χ1n) is 6.55. The first-order valence-corrected chi connectivity index (χ1v) is 6.55. The van der Waals surface area contributed by atoms with Crippen molar-refractivity contribution in [2.24, 2.45) is 5.92 Å². The Labute approximate surface area is 111 Å². The number of aromatic nitrogens is 1. The molecule has 0 saturated carbocycles. The van der Waals surface area contributed by atoms with Crippen LogP contribution in [0.25, 0.3) is 11.1 Å². The van der Waals surface area contributed by atoms with Crippen LogP contribution < -0.4 is 10.6 Å². The Morgan fingerprint density at radius 1 is 1.47 bits per heavy atom. The number of anilines is 1. The highest BCUT2D eigenvalue weighted by atomic mass is 16.3. The van der Waals surface area contributed by atoms with Gasteiger partial charge >= 0.3 is 0 Å². The molecule has 5 heteroatoms. The summed E-state index contributed by atoms with van der Waals surface area (Å²) < 4.78 is 5.64. The molecule has 2 aromatic rings. The van der Waals surface area contributed by atoms with Gasteiger partial charge in [-0.05, 0) is 18.2 Å². The summed E-state index contributed by atoms with van der Waals surface area (Å²) in [5.41, 5.74) is 2.31. The zero-order chi connectivity index (χ0) is 13.4. The van der Waals surface area contributed by atoms with Gasteiger partial charge in [-0.25, -0.2) is 4.98 Å². The molecule has 1 aliphatic rings. The van der Waals surface area contributed by atoms with E-state index >= 15 is 0 Å². The number of benzene rings is 1. The van der Waals surface area contributed by atoms with Gasteiger partial charge in [-0.2, -0.15) is 0 Å². The molecule has 0 unspecified atom stereocenters. The van der Waals surface area contributed by atoms with Crippen LogP contribution in [-0.4, -0.2) is 24.0 Å². The van der Waals surface area contributed by atoms with Crippen molar-refractivity contribution in [1.82, 2.24) is 10.3 Å². The molecule has 1 fully saturated rings. The second-order valence-electron chi connectivity index (χ2n) is 5.23. The largest absolute Gasteiger partial charge is 0.440 e. The molecule has 0 atom stereocenters. The fourth-order valence-corrected chi connectivity index (χ4v) is 1.99. The summed E-state index contributed by atoms with van der Waals surface area (Å²) >= 11 is 0. The SMILES string of the molecule is CC(C)c1nc2cc(NC(=O)C3CNC3)ccc2o1. The van der Waals surface area contributed by atoms with E-state index in [1.807, 2.05) is 32.0 Å². The molecule has 2 heterocycles. The van der Waals surface area contributed by atoms with E-state index in [0.717, 1.165) is 35.8 Å². The van der Waals surface area contributed by atoms with Crippen molar-refractivity contribution in [3.63, 3.8) is 0 Å². The van der Waals surface area contributed by atoms with Gasteiger partial charge in [0.25, 0.3) is 0 Å². The van der Waals surface area contributed by atoms with Gasteiger partial charge in [0.15, 0.2) is 11.5 Å². The minimum absolute atomic E-state index is 0.0608. The van der Waals surface area contributed by atoms with Crippen LogP contribution in [0.2, 0.25) is 0 Å². The van der Waals surface area contributed by atoms with Crippen LogP contribution in [0.15, 0.2) is 22.6 Å². The molecule has 1 aromatic heterocycles. The number of rotatable bonds is 3. The first-order chi connectivity index (χ1) is 9.13. The third kappa shape index (κ3) is 2.33. The Bertz CT molecular complexity index is 614. The lowest BCUT2D eigenvalue weighted by Crippen LogP contribution is -2.48. The molecule has 0 bridgehead atoms. The summed E-state index contributed by atoms with van der Waals surface area (Å²) in [5, 5.41) is 6.00. The Kier molecular flexibility index (Phi) is 2.98. The standard InChI is InChI=1S/C14H17N3O2/c1-8(2)14-17-11-5-10(3-4-12(11)19-14)16-13(18)9-6-15-7-9/h3-5,8-9,15H,6-7H2,1-2H3,(H,16,18). The van der Waals surface area contributed by atoms with E-state index < -0.39 is 0 Å². The molecule has 0 radical (unpaired) electrons. The van der Waals surface area contributed by atoms with E-state index in [9.17, 15) is 4.79 Å². The van der Waals surface area contributed by atoms with Crippen LogP contribution in [0.3, 0.4) is 0 Å². The summed E-state index contributed by atoms with van der Waals surface area (Å²) in [7, 11) is 0. The molecule has 19 heavy (non-hydrogen) atoms. The van der Waals surface area contributed by atoms with Gasteiger partial charge in [0.2, 0.25) is 5.91 Å². The van der Waals surface area contributed by atoms with Crippen LogP contribution in [-0.2, 0) is 4.79 Å². The summed E-state index contributed by atoms with van der Waals surface area (Å²) in [5.74, 6) is 1.12. The highest BCUT2D eigenvalue weighted by Gasteiger charge is 2.24. The Balaban J connectivity index is 1.82. The Morgan fingerprint density at radius 3 is 2.89 bits per heavy atom. The average molecular weight is 259 g/mol. The third-order valence-electron chi connectivity index (χ3n) is 3.32. The number of carbonyl (C=O) groups excluding carboxylic acids is 1. The van der Waals surface area contributed by atoms with Crippen LogP contribution >= 0.6 is 0 Å². The number of nitrogens with one attached hydrogen (secondary N) is 2. The topological polar surface area (TPSA) is 67.2 Å². The second-order valence-corrected chi connectivity index (χ2v) is 5.23. The van der Waals surface area contributed by atoms with Crippen molar-refractivity contribution in [1.29, 1.82) is 0 Å². The molecule has 0 spiro atoms. The summed E-state index contributed by atoms with van der Waals surface area (Å²) in [6, 6.07) is 5.55. The summed E-state index contributed by atoms with van der Waals surface area (Å²) in [6.07, 6.45) is 0. The maximum absolute atomic E-state index is 11.8. The van der Waals surface area contributed by atoms with Gasteiger partial charge in [0.1, 0.15) is 5.52 Å². The van der Waals surface area contributed by atoms with Crippen molar-refractivity contribution in [3.8, 4) is 0 Å². The Hall–Kier alpha value is -1.88. The van der Waals surface area contributed by atoms with Crippen LogP contribution in [0.1, 0.15) is 25.7 Å². The lowest BCUT2D eigenvalue weighted by Gasteiger charge is -2.25. The maximum Gasteiger partial charge on any atom is 0.230 e. The van der Waals surface area contributed by atoms with Gasteiger partial charge < -0.3 is 15.1 Å². The minimum atomic E-state index is 0.0608. The third-order valence-corrected chi connectivity index (χ3v) is 3.32. The number of hydrogen-bond acceptors (Lipinski definition) is 4. The molecule has 100 valence electrons. The maximum atomic E-state index is 11.8. The predicted molar refractivity (Wildman–Crippen MR) is 73.1 cm³/mol. The molecule has 1 saturated heterocycles. The molecular weight excluding hydrogens is 242 g/mol. The van der Waals surface area contributed by atoms with Gasteiger partial charge in [-0.3, -0.25) is 4.79 Å². The second kappa shape index (κ2) is 4.66. The molecule has 1 amide bonds. The smallest absolute Gasteiger partial charge is 0.230 e. The Morgan fingerprint density at radius 2 is 2.26 bits per heavy atom. The van der Waals surface area contributed by atoms with E-state index in [-0.39, 0.29) is 17.7 Å². The van der Waals surface area contributed by atoms with Crippen molar-refractivity contribution >= 4 is 22.7 Å². The number of carbonyl (C=O) groups is 1. The molecule has 0 aliphatic carbocycles. The van der Waals surface area contributed by atoms with Crippen LogP contribution in [0.5, 0.6) is 0 Å². The zero-order valence-corrected chi connectivity index (χ0v) is 11.1. The highest BCUT2D eigenvalue weighted by Crippen LogP contribution is 2.24. The van der Waals surface area contributed by atoms with Gasteiger partial charge in [0, 0.05) is 24.7 Å². The number of amides is 1. The van der Waals surface area contributed by atoms with E-state index in [2.05, 4.69) is 15.6 Å². The lowest BCUT2D eigenvalue weighted by atomic mass is 10.0. The molecule has 1 aliphatic heterocycles. The van der Waals surface area contributed by atoms with Crippen molar-refractivity contribution < 1.29 is 9.21 Å². The molecule has 1 aromatic carbocycles. The molecule has 3 rings (SSSR count). The number of nitrogens with zero attached hydrogens (tertiary/aromatic N) is 1. The summed E-state index contributed by atoms with van der Waals surface area (Å²) in [4.78, 5) is 16.3. The number of hydrogen-bond donors (Lipinski definition) is 2. The number of oxazole rings is 1. The highest BCUT2D eigenvalue weighted by molar-refractivity contribution is 5.95. The van der Waals surface area contributed by atoms with Crippen molar-refractivity contribution in [2.75, 3.05) is 18.4 Å². The van der Waals surface area contributed by atoms with Crippen LogP contribution in [0, 0.1) is 5.92 Å². The van der Waals surface area contributed by atoms with Gasteiger partial charge in [-0.1, -0.05) is 13.8 Å². The lowest BCUT2D eigenvalue weighted by molar-refractivity contribution is -0.121. The fourth-order valence-electron chi connectivity index (χ4n) is 1.99. The van der Waals surface area contributed by atoms with E-state index in [0.29, 0.717) is 0 Å². The minimum Gasteiger partial charge on any atom is -0.440 e. The fraction of sp³-hybridized carbons (Fsp3) is 0.429. The normalized spacial score (nSPS) is 15.7. The van der Waals surface area contributed by atoms with E-state index in [1.165, 1.54) is 0 Å². The van der Waals surface area contributed by atoms with Crippen molar-refractivity contribution in [3.05, 3.63) is 24.1 Å². The van der Waals surface area contributed by atoms with Gasteiger partial charge in [-0.15, -0.1) is 0 Å². The van der Waals surface area contributed by atoms with Crippen molar-refractivity contribution in [2.45, 2.75) is 19.8 Å². The van der Waals surface area contributed by atoms with Crippen LogP contribution in [0.4, 0.5) is 5.69 Å². The first kappa shape index (κ1) is 12.2.